The fourth-order valence-electron chi connectivity index (χ4n) is 4.74. The van der Waals surface area contributed by atoms with Crippen molar-refractivity contribution < 1.29 is 9.59 Å². The van der Waals surface area contributed by atoms with E-state index >= 15 is 0 Å². The summed E-state index contributed by atoms with van der Waals surface area (Å²) in [5, 5.41) is 5.14. The van der Waals surface area contributed by atoms with E-state index in [9.17, 15) is 9.59 Å². The summed E-state index contributed by atoms with van der Waals surface area (Å²) in [4.78, 5) is 31.0. The second kappa shape index (κ2) is 9.96. The smallest absolute Gasteiger partial charge is 0.227 e. The molecule has 3 heterocycles. The SMILES string of the molecule is Cc1ccc(NC(=O)C2CCN(C3CCN(C(=O)Cc4cccs4)CC3)CC2)cc1C. The number of hydrogen-bond donors (Lipinski definition) is 1. The molecule has 2 aromatic rings. The van der Waals surface area contributed by atoms with Gasteiger partial charge in [0.05, 0.1) is 6.42 Å². The largest absolute Gasteiger partial charge is 0.342 e. The number of hydrogen-bond acceptors (Lipinski definition) is 4. The average molecular weight is 440 g/mol. The van der Waals surface area contributed by atoms with Crippen molar-refractivity contribution in [3.8, 4) is 0 Å². The molecule has 0 saturated carbocycles. The number of likely N-dealkylation sites (tertiary alicyclic amines) is 2. The van der Waals surface area contributed by atoms with Crippen LogP contribution in [0.4, 0.5) is 5.69 Å². The number of nitrogens with zero attached hydrogens (tertiary/aromatic N) is 2. The van der Waals surface area contributed by atoms with Crippen LogP contribution in [0, 0.1) is 19.8 Å². The summed E-state index contributed by atoms with van der Waals surface area (Å²) >= 11 is 1.65. The molecule has 1 aromatic carbocycles. The Bertz CT molecular complexity index is 895. The van der Waals surface area contributed by atoms with Crippen LogP contribution in [0.1, 0.15) is 41.7 Å². The van der Waals surface area contributed by atoms with E-state index in [4.69, 9.17) is 0 Å². The summed E-state index contributed by atoms with van der Waals surface area (Å²) in [5.74, 6) is 0.491. The summed E-state index contributed by atoms with van der Waals surface area (Å²) in [6.45, 7) is 7.80. The van der Waals surface area contributed by atoms with Gasteiger partial charge in [0.15, 0.2) is 0 Å². The molecule has 2 aliphatic rings. The normalized spacial score (nSPS) is 18.8. The van der Waals surface area contributed by atoms with Crippen LogP contribution in [-0.4, -0.2) is 53.8 Å². The number of nitrogens with one attached hydrogen (secondary N) is 1. The molecule has 0 spiro atoms. The lowest BCUT2D eigenvalue weighted by atomic mass is 9.92. The first kappa shape index (κ1) is 22.0. The van der Waals surface area contributed by atoms with Crippen LogP contribution in [-0.2, 0) is 16.0 Å². The van der Waals surface area contributed by atoms with Gasteiger partial charge in [-0.2, -0.15) is 0 Å². The fourth-order valence-corrected chi connectivity index (χ4v) is 5.44. The molecule has 5 nitrogen and oxygen atoms in total. The number of piperidine rings is 2. The van der Waals surface area contributed by atoms with Gasteiger partial charge in [0.25, 0.3) is 0 Å². The van der Waals surface area contributed by atoms with Crippen LogP contribution in [0.3, 0.4) is 0 Å². The van der Waals surface area contributed by atoms with E-state index < -0.39 is 0 Å². The third kappa shape index (κ3) is 5.55. The van der Waals surface area contributed by atoms with Gasteiger partial charge >= 0.3 is 0 Å². The predicted molar refractivity (Wildman–Crippen MR) is 126 cm³/mol. The molecule has 1 N–H and O–H groups in total. The van der Waals surface area contributed by atoms with E-state index in [2.05, 4.69) is 36.2 Å². The van der Waals surface area contributed by atoms with Crippen LogP contribution < -0.4 is 5.32 Å². The first-order valence-electron chi connectivity index (χ1n) is 11.4. The van der Waals surface area contributed by atoms with Gasteiger partial charge in [-0.25, -0.2) is 0 Å². The van der Waals surface area contributed by atoms with Crippen molar-refractivity contribution in [1.82, 2.24) is 9.80 Å². The van der Waals surface area contributed by atoms with Crippen molar-refractivity contribution in [3.05, 3.63) is 51.7 Å². The van der Waals surface area contributed by atoms with Gasteiger partial charge in [-0.15, -0.1) is 11.3 Å². The number of aryl methyl sites for hydroxylation is 2. The summed E-state index contributed by atoms with van der Waals surface area (Å²) in [6.07, 6.45) is 4.43. The maximum Gasteiger partial charge on any atom is 0.227 e. The molecule has 4 rings (SSSR count). The van der Waals surface area contributed by atoms with Crippen molar-refractivity contribution in [1.29, 1.82) is 0 Å². The second-order valence-corrected chi connectivity index (χ2v) is 10.00. The minimum Gasteiger partial charge on any atom is -0.342 e. The zero-order valence-corrected chi connectivity index (χ0v) is 19.4. The number of benzene rings is 1. The standard InChI is InChI=1S/C25H33N3O2S/c1-18-5-6-21(16-19(18)2)26-25(30)20-7-11-27(12-8-20)22-9-13-28(14-10-22)24(29)17-23-4-3-15-31-23/h3-6,15-16,20,22H,7-14,17H2,1-2H3,(H,26,30). The average Bonchev–Trinajstić information content (AvgIpc) is 3.29. The highest BCUT2D eigenvalue weighted by molar-refractivity contribution is 7.10. The highest BCUT2D eigenvalue weighted by Gasteiger charge is 2.31. The molecular weight excluding hydrogens is 406 g/mol. The van der Waals surface area contributed by atoms with E-state index in [0.29, 0.717) is 12.5 Å². The van der Waals surface area contributed by atoms with Crippen LogP contribution in [0.25, 0.3) is 0 Å². The maximum atomic E-state index is 12.7. The van der Waals surface area contributed by atoms with Crippen LogP contribution in [0.2, 0.25) is 0 Å². The van der Waals surface area contributed by atoms with Crippen molar-refractivity contribution in [3.63, 3.8) is 0 Å². The van der Waals surface area contributed by atoms with Crippen LogP contribution in [0.5, 0.6) is 0 Å². The Hall–Kier alpha value is -2.18. The number of anilines is 1. The van der Waals surface area contributed by atoms with Crippen LogP contribution >= 0.6 is 11.3 Å². The highest BCUT2D eigenvalue weighted by atomic mass is 32.1. The van der Waals surface area contributed by atoms with E-state index in [1.165, 1.54) is 11.1 Å². The molecule has 2 fully saturated rings. The maximum absolute atomic E-state index is 12.7. The Morgan fingerprint density at radius 3 is 2.39 bits per heavy atom. The zero-order valence-electron chi connectivity index (χ0n) is 18.6. The molecule has 0 aliphatic carbocycles. The lowest BCUT2D eigenvalue weighted by molar-refractivity contribution is -0.132. The Balaban J connectivity index is 1.21. The number of carbonyl (C=O) groups is 2. The molecule has 166 valence electrons. The van der Waals surface area contributed by atoms with Gasteiger partial charge in [0, 0.05) is 35.6 Å². The van der Waals surface area contributed by atoms with Gasteiger partial charge < -0.3 is 15.1 Å². The van der Waals surface area contributed by atoms with Gasteiger partial charge in [-0.3, -0.25) is 9.59 Å². The van der Waals surface area contributed by atoms with Gasteiger partial charge in [-0.1, -0.05) is 12.1 Å². The number of rotatable bonds is 5. The summed E-state index contributed by atoms with van der Waals surface area (Å²) in [5.41, 5.74) is 3.34. The molecule has 2 amide bonds. The third-order valence-corrected chi connectivity index (χ3v) is 7.79. The third-order valence-electron chi connectivity index (χ3n) is 6.91. The Labute approximate surface area is 189 Å². The number of carbonyl (C=O) groups excluding carboxylic acids is 2. The number of thiophene rings is 1. The van der Waals surface area contributed by atoms with E-state index in [1.54, 1.807) is 11.3 Å². The van der Waals surface area contributed by atoms with Crippen molar-refractivity contribution >= 4 is 28.8 Å². The van der Waals surface area contributed by atoms with Gasteiger partial charge in [0.1, 0.15) is 0 Å². The monoisotopic (exact) mass is 439 g/mol. The van der Waals surface area contributed by atoms with Crippen molar-refractivity contribution in [2.75, 3.05) is 31.5 Å². The molecule has 2 saturated heterocycles. The van der Waals surface area contributed by atoms with Gasteiger partial charge in [0.2, 0.25) is 11.8 Å². The topological polar surface area (TPSA) is 52.7 Å². The molecule has 0 atom stereocenters. The van der Waals surface area contributed by atoms with Crippen molar-refractivity contribution in [2.45, 2.75) is 52.0 Å². The molecule has 0 unspecified atom stereocenters. The van der Waals surface area contributed by atoms with E-state index in [-0.39, 0.29) is 17.7 Å². The molecule has 1 aromatic heterocycles. The molecular formula is C25H33N3O2S. The van der Waals surface area contributed by atoms with E-state index in [0.717, 1.165) is 62.4 Å². The zero-order chi connectivity index (χ0) is 21.8. The van der Waals surface area contributed by atoms with E-state index in [1.807, 2.05) is 28.5 Å². The second-order valence-electron chi connectivity index (χ2n) is 8.97. The first-order valence-corrected chi connectivity index (χ1v) is 12.3. The Morgan fingerprint density at radius 1 is 1.00 bits per heavy atom. The number of amides is 2. The minimum absolute atomic E-state index is 0.0883. The van der Waals surface area contributed by atoms with Gasteiger partial charge in [-0.05, 0) is 87.3 Å². The Morgan fingerprint density at radius 2 is 1.74 bits per heavy atom. The molecule has 0 bridgehead atoms. The van der Waals surface area contributed by atoms with Crippen LogP contribution in [0.15, 0.2) is 35.7 Å². The quantitative estimate of drug-likeness (QED) is 0.758. The summed E-state index contributed by atoms with van der Waals surface area (Å²) in [7, 11) is 0. The lowest BCUT2D eigenvalue weighted by Crippen LogP contribution is -2.50. The molecule has 6 heteroatoms. The molecule has 2 aliphatic heterocycles. The highest BCUT2D eigenvalue weighted by Crippen LogP contribution is 2.26. The first-order chi connectivity index (χ1) is 15.0. The minimum atomic E-state index is 0.0883. The predicted octanol–water partition coefficient (Wildman–Crippen LogP) is 4.25. The van der Waals surface area contributed by atoms with Crippen molar-refractivity contribution in [2.24, 2.45) is 5.92 Å². The molecule has 0 radical (unpaired) electrons. The molecule has 31 heavy (non-hydrogen) atoms. The summed E-state index contributed by atoms with van der Waals surface area (Å²) in [6, 6.07) is 10.7. The lowest BCUT2D eigenvalue weighted by Gasteiger charge is -2.41. The summed E-state index contributed by atoms with van der Waals surface area (Å²) < 4.78 is 0. The Kier molecular flexibility index (Phi) is 7.08. The fraction of sp³-hybridized carbons (Fsp3) is 0.520.